The summed E-state index contributed by atoms with van der Waals surface area (Å²) < 4.78 is 0. The van der Waals surface area contributed by atoms with Gasteiger partial charge in [0.2, 0.25) is 29.5 Å². The van der Waals surface area contributed by atoms with E-state index in [1.54, 1.807) is 0 Å². The van der Waals surface area contributed by atoms with Crippen LogP contribution >= 0.6 is 0 Å². The number of hydrogen-bond acceptors (Lipinski definition) is 9. The molecule has 0 aliphatic carbocycles. The average molecular weight is 532 g/mol. The first kappa shape index (κ1) is 33.2. The molecule has 0 aliphatic heterocycles. The van der Waals surface area contributed by atoms with E-state index in [2.05, 4.69) is 16.0 Å². The fourth-order valence-corrected chi connectivity index (χ4v) is 3.09. The molecular formula is C21H37N7O9. The molecule has 5 amide bonds. The Morgan fingerprint density at radius 1 is 0.622 bits per heavy atom. The number of hydrogen-bond donors (Lipinski definition) is 9. The zero-order chi connectivity index (χ0) is 28.5. The third-order valence-corrected chi connectivity index (χ3v) is 5.19. The highest BCUT2D eigenvalue weighted by Crippen LogP contribution is 2.07. The third kappa shape index (κ3) is 15.0. The molecule has 0 aromatic carbocycles. The number of carbonyl (C=O) groups excluding carboxylic acids is 5. The maximum absolute atomic E-state index is 12.9. The molecule has 0 aliphatic rings. The molecule has 0 bridgehead atoms. The maximum Gasteiger partial charge on any atom is 0.326 e. The summed E-state index contributed by atoms with van der Waals surface area (Å²) in [5.74, 6) is -6.84. The van der Waals surface area contributed by atoms with Gasteiger partial charge in [0, 0.05) is 19.3 Å². The minimum absolute atomic E-state index is 0.0539. The van der Waals surface area contributed by atoms with Crippen molar-refractivity contribution in [3.8, 4) is 0 Å². The van der Waals surface area contributed by atoms with Gasteiger partial charge in [-0.15, -0.1) is 0 Å². The fourth-order valence-electron chi connectivity index (χ4n) is 3.09. The number of primary amides is 2. The van der Waals surface area contributed by atoms with Gasteiger partial charge < -0.3 is 49.1 Å². The molecule has 0 fully saturated rings. The van der Waals surface area contributed by atoms with Gasteiger partial charge in [-0.1, -0.05) is 0 Å². The van der Waals surface area contributed by atoms with Crippen LogP contribution in [0.1, 0.15) is 57.8 Å². The Bertz CT molecular complexity index is 837. The second-order valence-electron chi connectivity index (χ2n) is 8.36. The Balaban J connectivity index is 5.59. The largest absolute Gasteiger partial charge is 0.481 e. The van der Waals surface area contributed by atoms with Gasteiger partial charge in [0.15, 0.2) is 0 Å². The van der Waals surface area contributed by atoms with Crippen molar-refractivity contribution in [3.05, 3.63) is 0 Å². The maximum atomic E-state index is 12.9. The number of nitrogens with one attached hydrogen (secondary N) is 3. The topological polar surface area (TPSA) is 300 Å². The SMILES string of the molecule is NCCCCC(NC(=O)C(CCC(=O)O)NC(=O)C(CCC(N)=O)NC(=O)C(N)CCC(N)=O)C(=O)O. The summed E-state index contributed by atoms with van der Waals surface area (Å²) in [6.45, 7) is 0.322. The molecule has 0 radical (unpaired) electrons. The molecule has 0 saturated heterocycles. The quantitative estimate of drug-likeness (QED) is 0.0690. The molecule has 210 valence electrons. The van der Waals surface area contributed by atoms with Crippen LogP contribution in [-0.2, 0) is 33.6 Å². The summed E-state index contributed by atoms with van der Waals surface area (Å²) in [4.78, 5) is 82.8. The molecular weight excluding hydrogens is 494 g/mol. The Hall–Kier alpha value is -3.79. The standard InChI is InChI=1S/C21H37N7O9/c22-10-2-1-3-14(21(36)37)28-20(35)13(6-9-17(31)32)27-19(34)12(5-8-16(25)30)26-18(33)11(23)4-7-15(24)29/h11-14H,1-10,22-23H2,(H2,24,29)(H2,25,30)(H,26,33)(H,27,34)(H,28,35)(H,31,32)(H,36,37). The van der Waals surface area contributed by atoms with Gasteiger partial charge >= 0.3 is 11.9 Å². The van der Waals surface area contributed by atoms with E-state index in [9.17, 15) is 38.7 Å². The van der Waals surface area contributed by atoms with Gasteiger partial charge in [-0.2, -0.15) is 0 Å². The van der Waals surface area contributed by atoms with Crippen LogP contribution in [-0.4, -0.2) is 82.4 Å². The number of rotatable bonds is 20. The molecule has 0 aromatic rings. The summed E-state index contributed by atoms with van der Waals surface area (Å²) in [7, 11) is 0. The van der Waals surface area contributed by atoms with Gasteiger partial charge in [-0.05, 0) is 45.1 Å². The number of aliphatic carboxylic acids is 2. The van der Waals surface area contributed by atoms with Gasteiger partial charge in [-0.3, -0.25) is 28.8 Å². The summed E-state index contributed by atoms with van der Waals surface area (Å²) in [6, 6.07) is -5.40. The predicted molar refractivity (Wildman–Crippen MR) is 128 cm³/mol. The molecule has 16 nitrogen and oxygen atoms in total. The molecule has 16 heteroatoms. The number of unbranched alkanes of at least 4 members (excludes halogenated alkanes) is 1. The van der Waals surface area contributed by atoms with Crippen molar-refractivity contribution in [2.45, 2.75) is 82.0 Å². The first-order valence-corrected chi connectivity index (χ1v) is 11.7. The van der Waals surface area contributed by atoms with Crippen LogP contribution in [0.2, 0.25) is 0 Å². The average Bonchev–Trinajstić information content (AvgIpc) is 2.81. The van der Waals surface area contributed by atoms with E-state index in [1.165, 1.54) is 0 Å². The first-order chi connectivity index (χ1) is 17.3. The molecule has 0 heterocycles. The van der Waals surface area contributed by atoms with Crippen LogP contribution in [0.5, 0.6) is 0 Å². The fraction of sp³-hybridized carbons (Fsp3) is 0.667. The van der Waals surface area contributed by atoms with Crippen molar-refractivity contribution in [1.29, 1.82) is 0 Å². The normalized spacial score (nSPS) is 13.9. The lowest BCUT2D eigenvalue weighted by molar-refractivity contribution is -0.143. The molecule has 37 heavy (non-hydrogen) atoms. The van der Waals surface area contributed by atoms with Crippen molar-refractivity contribution in [1.82, 2.24) is 16.0 Å². The monoisotopic (exact) mass is 531 g/mol. The molecule has 4 unspecified atom stereocenters. The molecule has 0 spiro atoms. The predicted octanol–water partition coefficient (Wildman–Crippen LogP) is -3.62. The van der Waals surface area contributed by atoms with Crippen molar-refractivity contribution in [2.24, 2.45) is 22.9 Å². The summed E-state index contributed by atoms with van der Waals surface area (Å²) in [6.07, 6.45) is -0.883. The highest BCUT2D eigenvalue weighted by molar-refractivity contribution is 5.94. The Morgan fingerprint density at radius 2 is 1.08 bits per heavy atom. The van der Waals surface area contributed by atoms with Gasteiger partial charge in [0.1, 0.15) is 18.1 Å². The lowest BCUT2D eigenvalue weighted by atomic mass is 10.0. The van der Waals surface area contributed by atoms with Crippen molar-refractivity contribution >= 4 is 41.5 Å². The number of carboxylic acid groups (broad SMARTS) is 2. The Kier molecular flexibility index (Phi) is 15.8. The lowest BCUT2D eigenvalue weighted by Gasteiger charge is -2.25. The zero-order valence-corrected chi connectivity index (χ0v) is 20.4. The molecule has 13 N–H and O–H groups in total. The number of amides is 5. The van der Waals surface area contributed by atoms with Crippen LogP contribution in [0.25, 0.3) is 0 Å². The van der Waals surface area contributed by atoms with Crippen molar-refractivity contribution < 1.29 is 43.8 Å². The van der Waals surface area contributed by atoms with Crippen LogP contribution in [0.15, 0.2) is 0 Å². The first-order valence-electron chi connectivity index (χ1n) is 11.7. The van der Waals surface area contributed by atoms with Gasteiger partial charge in [0.25, 0.3) is 0 Å². The zero-order valence-electron chi connectivity index (χ0n) is 20.4. The summed E-state index contributed by atoms with van der Waals surface area (Å²) in [5, 5.41) is 25.3. The van der Waals surface area contributed by atoms with E-state index in [4.69, 9.17) is 28.0 Å². The van der Waals surface area contributed by atoms with E-state index < -0.39 is 78.5 Å². The van der Waals surface area contributed by atoms with Gasteiger partial charge in [0.05, 0.1) is 6.04 Å². The van der Waals surface area contributed by atoms with Crippen molar-refractivity contribution in [3.63, 3.8) is 0 Å². The Labute approximate surface area is 213 Å². The highest BCUT2D eigenvalue weighted by Gasteiger charge is 2.30. The molecule has 0 saturated carbocycles. The highest BCUT2D eigenvalue weighted by atomic mass is 16.4. The van der Waals surface area contributed by atoms with E-state index in [-0.39, 0.29) is 32.1 Å². The van der Waals surface area contributed by atoms with E-state index in [1.807, 2.05) is 0 Å². The molecule has 4 atom stereocenters. The Morgan fingerprint density at radius 3 is 1.54 bits per heavy atom. The summed E-state index contributed by atoms with van der Waals surface area (Å²) >= 11 is 0. The van der Waals surface area contributed by atoms with Crippen LogP contribution < -0.4 is 38.9 Å². The van der Waals surface area contributed by atoms with Gasteiger partial charge in [-0.25, -0.2) is 4.79 Å². The smallest absolute Gasteiger partial charge is 0.326 e. The lowest BCUT2D eigenvalue weighted by Crippen LogP contribution is -2.57. The number of carbonyl (C=O) groups is 7. The minimum Gasteiger partial charge on any atom is -0.481 e. The van der Waals surface area contributed by atoms with Crippen LogP contribution in [0, 0.1) is 0 Å². The molecule has 0 aromatic heterocycles. The second kappa shape index (κ2) is 17.6. The van der Waals surface area contributed by atoms with E-state index in [0.717, 1.165) is 0 Å². The van der Waals surface area contributed by atoms with Crippen LogP contribution in [0.3, 0.4) is 0 Å². The minimum atomic E-state index is -1.48. The van der Waals surface area contributed by atoms with E-state index in [0.29, 0.717) is 19.4 Å². The second-order valence-corrected chi connectivity index (χ2v) is 8.36. The van der Waals surface area contributed by atoms with E-state index >= 15 is 0 Å². The number of nitrogens with two attached hydrogens (primary N) is 4. The summed E-state index contributed by atoms with van der Waals surface area (Å²) in [5.41, 5.74) is 21.2. The number of carboxylic acids is 2. The molecule has 0 rings (SSSR count). The van der Waals surface area contributed by atoms with Crippen LogP contribution in [0.4, 0.5) is 0 Å². The van der Waals surface area contributed by atoms with Crippen molar-refractivity contribution in [2.75, 3.05) is 6.54 Å². The third-order valence-electron chi connectivity index (χ3n) is 5.19.